The molecule has 0 amide bonds. The van der Waals surface area contributed by atoms with Gasteiger partial charge in [-0.05, 0) is 35.8 Å². The average Bonchev–Trinajstić information content (AvgIpc) is 2.59. The van der Waals surface area contributed by atoms with Crippen molar-refractivity contribution in [2.75, 3.05) is 5.73 Å². The second kappa shape index (κ2) is 8.24. The molecule has 0 unspecified atom stereocenters. The van der Waals surface area contributed by atoms with E-state index in [0.717, 1.165) is 29.8 Å². The normalized spacial score (nSPS) is 13.5. The van der Waals surface area contributed by atoms with Crippen LogP contribution < -0.4 is 16.9 Å². The second-order valence-electron chi connectivity index (χ2n) is 12.6. The summed E-state index contributed by atoms with van der Waals surface area (Å²) in [6, 6.07) is 5.98. The summed E-state index contributed by atoms with van der Waals surface area (Å²) in [5.41, 5.74) is 9.07. The molecular weight excluding hydrogens is 398 g/mol. The predicted molar refractivity (Wildman–Crippen MR) is 136 cm³/mol. The zero-order valence-electron chi connectivity index (χ0n) is 22.0. The molecule has 0 atom stereocenters. The van der Waals surface area contributed by atoms with Crippen LogP contribution in [-0.4, -0.2) is 9.55 Å². The van der Waals surface area contributed by atoms with Gasteiger partial charge in [-0.3, -0.25) is 9.59 Å². The standard InChI is InChI=1S/C27H43N3O2/c1-24(2,3)20-13-12-17(23(32)30(20)11)26(7,8)14-15-27(9,10)19-16-18(28)21(22(31)29-19)25(4,5)6/h12-13,16H,14-15H2,1-11H3,(H3,28,29,31). The molecule has 0 aliphatic carbocycles. The minimum Gasteiger partial charge on any atom is -0.398 e. The summed E-state index contributed by atoms with van der Waals surface area (Å²) < 4.78 is 1.78. The van der Waals surface area contributed by atoms with Crippen molar-refractivity contribution in [1.29, 1.82) is 0 Å². The largest absolute Gasteiger partial charge is 0.398 e. The fraction of sp³-hybridized carbons (Fsp3) is 0.630. The summed E-state index contributed by atoms with van der Waals surface area (Å²) in [5, 5.41) is 0. The van der Waals surface area contributed by atoms with Gasteiger partial charge in [0, 0.05) is 46.1 Å². The molecule has 2 aromatic rings. The van der Waals surface area contributed by atoms with Crippen molar-refractivity contribution in [3.63, 3.8) is 0 Å². The van der Waals surface area contributed by atoms with E-state index < -0.39 is 0 Å². The first-order chi connectivity index (χ1) is 14.3. The molecule has 0 aliphatic rings. The van der Waals surface area contributed by atoms with E-state index in [2.05, 4.69) is 59.5 Å². The van der Waals surface area contributed by atoms with Gasteiger partial charge in [0.05, 0.1) is 0 Å². The number of aromatic amines is 1. The highest BCUT2D eigenvalue weighted by Crippen LogP contribution is 2.36. The number of hydrogen-bond donors (Lipinski definition) is 2. The molecule has 0 radical (unpaired) electrons. The van der Waals surface area contributed by atoms with Gasteiger partial charge < -0.3 is 15.3 Å². The van der Waals surface area contributed by atoms with Gasteiger partial charge in [0.25, 0.3) is 11.1 Å². The first kappa shape index (κ1) is 26.0. The number of nitrogens with two attached hydrogens (primary N) is 1. The van der Waals surface area contributed by atoms with E-state index in [1.807, 2.05) is 40.0 Å². The van der Waals surface area contributed by atoms with Crippen LogP contribution in [0.25, 0.3) is 0 Å². The topological polar surface area (TPSA) is 80.9 Å². The minimum absolute atomic E-state index is 0.0624. The third kappa shape index (κ3) is 5.19. The number of hydrogen-bond acceptors (Lipinski definition) is 3. The van der Waals surface area contributed by atoms with E-state index in [4.69, 9.17) is 5.73 Å². The first-order valence-electron chi connectivity index (χ1n) is 11.5. The number of H-pyrrole nitrogens is 1. The van der Waals surface area contributed by atoms with E-state index in [0.29, 0.717) is 11.3 Å². The molecule has 2 heterocycles. The third-order valence-corrected chi connectivity index (χ3v) is 6.72. The Morgan fingerprint density at radius 1 is 0.844 bits per heavy atom. The minimum atomic E-state index is -0.318. The molecule has 0 saturated carbocycles. The molecular formula is C27H43N3O2. The van der Waals surface area contributed by atoms with Crippen LogP contribution in [0, 0.1) is 0 Å². The Morgan fingerprint density at radius 3 is 1.84 bits per heavy atom. The molecule has 0 spiro atoms. The lowest BCUT2D eigenvalue weighted by Gasteiger charge is -2.33. The summed E-state index contributed by atoms with van der Waals surface area (Å²) in [4.78, 5) is 29.1. The summed E-state index contributed by atoms with van der Waals surface area (Å²) in [5.74, 6) is 0. The van der Waals surface area contributed by atoms with Crippen molar-refractivity contribution in [2.45, 2.75) is 104 Å². The van der Waals surface area contributed by atoms with Crippen molar-refractivity contribution >= 4 is 5.69 Å². The summed E-state index contributed by atoms with van der Waals surface area (Å²) in [7, 11) is 1.86. The Hall–Kier alpha value is -2.30. The highest BCUT2D eigenvalue weighted by Gasteiger charge is 2.32. The van der Waals surface area contributed by atoms with Gasteiger partial charge in [-0.15, -0.1) is 0 Å². The van der Waals surface area contributed by atoms with Crippen molar-refractivity contribution < 1.29 is 0 Å². The SMILES string of the molecule is Cn1c(C(C)(C)C)ccc(C(C)(C)CCC(C)(C)c2cc(N)c(C(C)(C)C)c(=O)[nH]2)c1=O. The van der Waals surface area contributed by atoms with Crippen molar-refractivity contribution in [1.82, 2.24) is 9.55 Å². The molecule has 0 aromatic carbocycles. The number of pyridine rings is 2. The number of nitrogen functional groups attached to an aromatic ring is 1. The Bertz CT molecular complexity index is 1100. The lowest BCUT2D eigenvalue weighted by molar-refractivity contribution is 0.364. The maximum absolute atomic E-state index is 13.2. The molecule has 0 bridgehead atoms. The number of nitrogens with one attached hydrogen (secondary N) is 1. The first-order valence-corrected chi connectivity index (χ1v) is 11.5. The smallest absolute Gasteiger partial charge is 0.254 e. The van der Waals surface area contributed by atoms with Crippen LogP contribution in [0.5, 0.6) is 0 Å². The van der Waals surface area contributed by atoms with Crippen LogP contribution >= 0.6 is 0 Å². The second-order valence-corrected chi connectivity index (χ2v) is 12.6. The summed E-state index contributed by atoms with van der Waals surface area (Å²) in [6.45, 7) is 20.8. The lowest BCUT2D eigenvalue weighted by atomic mass is 9.73. The van der Waals surface area contributed by atoms with Crippen molar-refractivity contribution in [3.8, 4) is 0 Å². The molecule has 3 N–H and O–H groups in total. The number of aromatic nitrogens is 2. The van der Waals surface area contributed by atoms with Gasteiger partial charge in [-0.25, -0.2) is 0 Å². The van der Waals surface area contributed by atoms with E-state index in [9.17, 15) is 9.59 Å². The van der Waals surface area contributed by atoms with Crippen LogP contribution in [0.15, 0.2) is 27.8 Å². The molecule has 5 heteroatoms. The highest BCUT2D eigenvalue weighted by atomic mass is 16.1. The fourth-order valence-electron chi connectivity index (χ4n) is 4.52. The fourth-order valence-corrected chi connectivity index (χ4v) is 4.52. The molecule has 32 heavy (non-hydrogen) atoms. The number of anilines is 1. The monoisotopic (exact) mass is 441 g/mol. The Morgan fingerprint density at radius 2 is 1.38 bits per heavy atom. The van der Waals surface area contributed by atoms with Crippen LogP contribution in [0.2, 0.25) is 0 Å². The number of rotatable bonds is 5. The van der Waals surface area contributed by atoms with Gasteiger partial charge >= 0.3 is 0 Å². The zero-order valence-corrected chi connectivity index (χ0v) is 22.0. The average molecular weight is 442 g/mol. The molecule has 178 valence electrons. The maximum Gasteiger partial charge on any atom is 0.254 e. The van der Waals surface area contributed by atoms with Crippen molar-refractivity contribution in [3.05, 3.63) is 61.4 Å². The van der Waals surface area contributed by atoms with E-state index in [1.165, 1.54) is 0 Å². The maximum atomic E-state index is 13.2. The van der Waals surface area contributed by atoms with Crippen LogP contribution in [0.4, 0.5) is 5.69 Å². The predicted octanol–water partition coefficient (Wildman–Crippen LogP) is 5.29. The summed E-state index contributed by atoms with van der Waals surface area (Å²) in [6.07, 6.45) is 1.60. The zero-order chi connectivity index (χ0) is 24.9. The molecule has 0 saturated heterocycles. The molecule has 2 rings (SSSR count). The Labute approximate surface area is 193 Å². The van der Waals surface area contributed by atoms with E-state index >= 15 is 0 Å². The van der Waals surface area contributed by atoms with Gasteiger partial charge in [0.2, 0.25) is 0 Å². The lowest BCUT2D eigenvalue weighted by Crippen LogP contribution is -2.36. The third-order valence-electron chi connectivity index (χ3n) is 6.72. The highest BCUT2D eigenvalue weighted by molar-refractivity contribution is 5.50. The van der Waals surface area contributed by atoms with E-state index in [-0.39, 0.29) is 32.8 Å². The van der Waals surface area contributed by atoms with Gasteiger partial charge in [0.15, 0.2) is 0 Å². The number of nitrogens with zero attached hydrogens (tertiary/aromatic N) is 1. The molecule has 5 nitrogen and oxygen atoms in total. The molecule has 0 fully saturated rings. The van der Waals surface area contributed by atoms with Gasteiger partial charge in [-0.2, -0.15) is 0 Å². The molecule has 0 aliphatic heterocycles. The van der Waals surface area contributed by atoms with Crippen molar-refractivity contribution in [2.24, 2.45) is 7.05 Å². The van der Waals surface area contributed by atoms with Gasteiger partial charge in [0.1, 0.15) is 0 Å². The Kier molecular flexibility index (Phi) is 6.68. The quantitative estimate of drug-likeness (QED) is 0.662. The van der Waals surface area contributed by atoms with Gasteiger partial charge in [-0.1, -0.05) is 75.3 Å². The summed E-state index contributed by atoms with van der Waals surface area (Å²) >= 11 is 0. The van der Waals surface area contributed by atoms with Crippen LogP contribution in [0.3, 0.4) is 0 Å². The Balaban J connectivity index is 2.36. The van der Waals surface area contributed by atoms with E-state index in [1.54, 1.807) is 4.57 Å². The molecule has 2 aromatic heterocycles. The van der Waals surface area contributed by atoms with Crippen LogP contribution in [0.1, 0.15) is 105 Å². The van der Waals surface area contributed by atoms with Crippen LogP contribution in [-0.2, 0) is 28.7 Å².